The highest BCUT2D eigenvalue weighted by atomic mass is 35.5. The van der Waals surface area contributed by atoms with E-state index >= 15 is 0 Å². The van der Waals surface area contributed by atoms with Gasteiger partial charge >= 0.3 is 0 Å². The van der Waals surface area contributed by atoms with Crippen LogP contribution in [0.25, 0.3) is 0 Å². The van der Waals surface area contributed by atoms with Gasteiger partial charge in [-0.2, -0.15) is 4.98 Å². The summed E-state index contributed by atoms with van der Waals surface area (Å²) in [5.74, 6) is -0.0519. The van der Waals surface area contributed by atoms with E-state index < -0.39 is 10.0 Å². The number of ether oxygens (including phenoxy) is 1. The Balaban J connectivity index is 2.39. The van der Waals surface area contributed by atoms with E-state index in [-0.39, 0.29) is 27.6 Å². The molecule has 2 aromatic rings. The monoisotopic (exact) mass is 328 g/mol. The molecule has 0 fully saturated rings. The Morgan fingerprint density at radius 2 is 2.00 bits per heavy atom. The molecule has 0 aliphatic rings. The Morgan fingerprint density at radius 1 is 1.29 bits per heavy atom. The summed E-state index contributed by atoms with van der Waals surface area (Å²) >= 11 is 5.77. The molecule has 7 nitrogen and oxygen atoms in total. The van der Waals surface area contributed by atoms with Crippen LogP contribution in [-0.4, -0.2) is 25.5 Å². The number of rotatable bonds is 4. The van der Waals surface area contributed by atoms with Gasteiger partial charge in [-0.15, -0.1) is 0 Å². The number of hydrogen-bond acceptors (Lipinski definition) is 6. The van der Waals surface area contributed by atoms with Crippen LogP contribution in [-0.2, 0) is 10.0 Å². The normalized spacial score (nSPS) is 11.2. The number of nitrogen functional groups attached to an aromatic ring is 1. The van der Waals surface area contributed by atoms with Crippen LogP contribution in [0.4, 0.5) is 11.6 Å². The molecule has 3 N–H and O–H groups in total. The summed E-state index contributed by atoms with van der Waals surface area (Å²) in [5.41, 5.74) is 6.73. The molecule has 1 aromatic carbocycles. The first-order valence-electron chi connectivity index (χ1n) is 5.79. The molecule has 112 valence electrons. The van der Waals surface area contributed by atoms with Gasteiger partial charge in [0, 0.05) is 6.07 Å². The maximum Gasteiger partial charge on any atom is 0.266 e. The van der Waals surface area contributed by atoms with Gasteiger partial charge in [-0.1, -0.05) is 17.7 Å². The van der Waals surface area contributed by atoms with Crippen LogP contribution in [0.3, 0.4) is 0 Å². The zero-order valence-electron chi connectivity index (χ0n) is 11.3. The lowest BCUT2D eigenvalue weighted by molar-refractivity contribution is 0.397. The average molecular weight is 329 g/mol. The molecule has 0 aliphatic heterocycles. The summed E-state index contributed by atoms with van der Waals surface area (Å²) < 4.78 is 31.7. The molecular weight excluding hydrogens is 316 g/mol. The zero-order valence-corrected chi connectivity index (χ0v) is 12.9. The lowest BCUT2D eigenvalue weighted by Gasteiger charge is -2.10. The van der Waals surface area contributed by atoms with E-state index in [2.05, 4.69) is 14.7 Å². The van der Waals surface area contributed by atoms with Crippen molar-refractivity contribution in [3.8, 4) is 5.88 Å². The Kier molecular flexibility index (Phi) is 4.19. The van der Waals surface area contributed by atoms with Crippen molar-refractivity contribution in [3.63, 3.8) is 0 Å². The quantitative estimate of drug-likeness (QED) is 0.655. The van der Waals surface area contributed by atoms with Crippen molar-refractivity contribution < 1.29 is 13.2 Å². The summed E-state index contributed by atoms with van der Waals surface area (Å²) in [7, 11) is -2.53. The van der Waals surface area contributed by atoms with Gasteiger partial charge in [0.25, 0.3) is 10.0 Å². The SMILES string of the molecule is COc1cc(Cl)nc(NS(=O)(=O)c2ccc(C)cc2N)n1. The highest BCUT2D eigenvalue weighted by Crippen LogP contribution is 2.23. The summed E-state index contributed by atoms with van der Waals surface area (Å²) in [6.45, 7) is 1.81. The third-order valence-electron chi connectivity index (χ3n) is 2.56. The molecular formula is C12H13ClN4O3S. The number of nitrogens with one attached hydrogen (secondary N) is 1. The number of nitrogens with zero attached hydrogens (tertiary/aromatic N) is 2. The van der Waals surface area contributed by atoms with Crippen LogP contribution < -0.4 is 15.2 Å². The number of anilines is 2. The molecule has 21 heavy (non-hydrogen) atoms. The van der Waals surface area contributed by atoms with E-state index in [9.17, 15) is 8.42 Å². The molecule has 0 spiro atoms. The minimum absolute atomic E-state index is 0.0522. The minimum Gasteiger partial charge on any atom is -0.481 e. The number of hydrogen-bond donors (Lipinski definition) is 2. The number of aryl methyl sites for hydroxylation is 1. The van der Waals surface area contributed by atoms with Crippen LogP contribution in [0.2, 0.25) is 5.15 Å². The Hall–Kier alpha value is -2.06. The highest BCUT2D eigenvalue weighted by Gasteiger charge is 2.19. The Bertz CT molecular complexity index is 780. The molecule has 0 unspecified atom stereocenters. The third-order valence-corrected chi connectivity index (χ3v) is 4.16. The van der Waals surface area contributed by atoms with E-state index in [1.807, 2.05) is 6.92 Å². The van der Waals surface area contributed by atoms with Crippen molar-refractivity contribution in [1.29, 1.82) is 0 Å². The fourth-order valence-electron chi connectivity index (χ4n) is 1.63. The summed E-state index contributed by atoms with van der Waals surface area (Å²) in [4.78, 5) is 7.58. The predicted molar refractivity (Wildman–Crippen MR) is 80.0 cm³/mol. The van der Waals surface area contributed by atoms with Crippen LogP contribution in [0.5, 0.6) is 5.88 Å². The first-order chi connectivity index (χ1) is 9.81. The molecule has 1 aromatic heterocycles. The van der Waals surface area contributed by atoms with Gasteiger partial charge in [0.1, 0.15) is 10.0 Å². The van der Waals surface area contributed by atoms with Crippen molar-refractivity contribution in [2.45, 2.75) is 11.8 Å². The molecule has 0 aliphatic carbocycles. The lowest BCUT2D eigenvalue weighted by Crippen LogP contribution is -2.17. The Labute approximate surface area is 127 Å². The van der Waals surface area contributed by atoms with Crippen molar-refractivity contribution in [3.05, 3.63) is 35.0 Å². The molecule has 0 atom stereocenters. The molecule has 0 saturated carbocycles. The van der Waals surface area contributed by atoms with Gasteiger partial charge in [-0.3, -0.25) is 0 Å². The number of nitrogens with two attached hydrogens (primary N) is 1. The van der Waals surface area contributed by atoms with Gasteiger partial charge in [0.15, 0.2) is 0 Å². The molecule has 1 heterocycles. The minimum atomic E-state index is -3.92. The summed E-state index contributed by atoms with van der Waals surface area (Å²) in [6.07, 6.45) is 0. The maximum atomic E-state index is 12.3. The topological polar surface area (TPSA) is 107 Å². The van der Waals surface area contributed by atoms with Gasteiger partial charge in [0.2, 0.25) is 11.8 Å². The van der Waals surface area contributed by atoms with Crippen molar-refractivity contribution in [2.24, 2.45) is 0 Å². The number of methoxy groups -OCH3 is 1. The standard InChI is InChI=1S/C12H13ClN4O3S/c1-7-3-4-9(8(14)5-7)21(18,19)17-12-15-10(13)6-11(16-12)20-2/h3-6H,14H2,1-2H3,(H,15,16,17). The molecule has 9 heteroatoms. The molecule has 2 rings (SSSR count). The second-order valence-electron chi connectivity index (χ2n) is 4.20. The fourth-order valence-corrected chi connectivity index (χ4v) is 2.87. The van der Waals surface area contributed by atoms with Crippen LogP contribution in [0.15, 0.2) is 29.2 Å². The zero-order chi connectivity index (χ0) is 15.6. The van der Waals surface area contributed by atoms with E-state index in [0.717, 1.165) is 5.56 Å². The van der Waals surface area contributed by atoms with Gasteiger partial charge < -0.3 is 10.5 Å². The molecule has 0 bridgehead atoms. The van der Waals surface area contributed by atoms with E-state index in [1.165, 1.54) is 19.2 Å². The number of sulfonamides is 1. The van der Waals surface area contributed by atoms with E-state index in [0.29, 0.717) is 0 Å². The summed E-state index contributed by atoms with van der Waals surface area (Å²) in [6, 6.07) is 5.98. The van der Waals surface area contributed by atoms with Crippen LogP contribution in [0, 0.1) is 6.92 Å². The van der Waals surface area contributed by atoms with E-state index in [4.69, 9.17) is 22.1 Å². The van der Waals surface area contributed by atoms with Gasteiger partial charge in [0.05, 0.1) is 12.8 Å². The first kappa shape index (κ1) is 15.3. The predicted octanol–water partition coefficient (Wildman–Crippen LogP) is 1.83. The van der Waals surface area contributed by atoms with Gasteiger partial charge in [-0.25, -0.2) is 18.1 Å². The molecule has 0 amide bonds. The molecule has 0 radical (unpaired) electrons. The number of benzene rings is 1. The lowest BCUT2D eigenvalue weighted by atomic mass is 10.2. The van der Waals surface area contributed by atoms with Gasteiger partial charge in [-0.05, 0) is 24.6 Å². The van der Waals surface area contributed by atoms with Crippen molar-refractivity contribution in [2.75, 3.05) is 17.6 Å². The maximum absolute atomic E-state index is 12.3. The largest absolute Gasteiger partial charge is 0.481 e. The Morgan fingerprint density at radius 3 is 2.62 bits per heavy atom. The second kappa shape index (κ2) is 5.74. The fraction of sp³-hybridized carbons (Fsp3) is 0.167. The first-order valence-corrected chi connectivity index (χ1v) is 7.65. The van der Waals surface area contributed by atoms with Crippen LogP contribution >= 0.6 is 11.6 Å². The average Bonchev–Trinajstić information content (AvgIpc) is 2.36. The number of aromatic nitrogens is 2. The van der Waals surface area contributed by atoms with Crippen LogP contribution in [0.1, 0.15) is 5.56 Å². The molecule has 0 saturated heterocycles. The van der Waals surface area contributed by atoms with Crippen molar-refractivity contribution >= 4 is 33.3 Å². The van der Waals surface area contributed by atoms with E-state index in [1.54, 1.807) is 12.1 Å². The highest BCUT2D eigenvalue weighted by molar-refractivity contribution is 7.92. The van der Waals surface area contributed by atoms with Crippen molar-refractivity contribution in [1.82, 2.24) is 9.97 Å². The summed E-state index contributed by atoms with van der Waals surface area (Å²) in [5, 5.41) is 0.0522. The number of halogens is 1. The smallest absolute Gasteiger partial charge is 0.266 e. The second-order valence-corrected chi connectivity index (χ2v) is 6.24. The third kappa shape index (κ3) is 3.53.